The second-order valence-corrected chi connectivity index (χ2v) is 6.36. The van der Waals surface area contributed by atoms with Gasteiger partial charge in [-0.2, -0.15) is 0 Å². The molecule has 0 spiro atoms. The number of nitrogens with one attached hydrogen (secondary N) is 1. The SMILES string of the molecule is CCOc1ccc(NC(=O)OCc2ccccc2)cc1S(N)(=O)=O. The van der Waals surface area contributed by atoms with Crippen molar-refractivity contribution in [2.75, 3.05) is 11.9 Å². The molecule has 0 unspecified atom stereocenters. The molecule has 0 heterocycles. The number of anilines is 1. The number of amides is 1. The van der Waals surface area contributed by atoms with Crippen molar-refractivity contribution >= 4 is 21.8 Å². The Morgan fingerprint density at radius 3 is 2.50 bits per heavy atom. The molecule has 3 N–H and O–H groups in total. The third-order valence-corrected chi connectivity index (χ3v) is 3.94. The summed E-state index contributed by atoms with van der Waals surface area (Å²) in [5.41, 5.74) is 1.07. The van der Waals surface area contributed by atoms with Crippen molar-refractivity contribution in [2.45, 2.75) is 18.4 Å². The predicted octanol–water partition coefficient (Wildman–Crippen LogP) is 2.48. The van der Waals surface area contributed by atoms with Crippen LogP contribution in [0.25, 0.3) is 0 Å². The fourth-order valence-electron chi connectivity index (χ4n) is 1.96. The molecule has 0 aliphatic heterocycles. The average Bonchev–Trinajstić information content (AvgIpc) is 2.54. The Kier molecular flexibility index (Phi) is 5.78. The third-order valence-electron chi connectivity index (χ3n) is 3.01. The first kappa shape index (κ1) is 17.8. The minimum Gasteiger partial charge on any atom is -0.492 e. The number of hydrogen-bond acceptors (Lipinski definition) is 5. The summed E-state index contributed by atoms with van der Waals surface area (Å²) >= 11 is 0. The lowest BCUT2D eigenvalue weighted by atomic mass is 10.2. The van der Waals surface area contributed by atoms with Crippen LogP contribution in [0.1, 0.15) is 12.5 Å². The minimum absolute atomic E-state index is 0.103. The van der Waals surface area contributed by atoms with Gasteiger partial charge >= 0.3 is 6.09 Å². The van der Waals surface area contributed by atoms with Crippen LogP contribution in [-0.4, -0.2) is 21.1 Å². The molecule has 7 nitrogen and oxygen atoms in total. The van der Waals surface area contributed by atoms with E-state index in [9.17, 15) is 13.2 Å². The van der Waals surface area contributed by atoms with Gasteiger partial charge in [0.25, 0.3) is 0 Å². The lowest BCUT2D eigenvalue weighted by Gasteiger charge is -2.11. The van der Waals surface area contributed by atoms with E-state index in [1.165, 1.54) is 18.2 Å². The van der Waals surface area contributed by atoms with Gasteiger partial charge in [0.05, 0.1) is 6.61 Å². The summed E-state index contributed by atoms with van der Waals surface area (Å²) in [5.74, 6) is 0.128. The maximum atomic E-state index is 11.8. The van der Waals surface area contributed by atoms with Gasteiger partial charge in [-0.25, -0.2) is 18.4 Å². The van der Waals surface area contributed by atoms with E-state index in [4.69, 9.17) is 14.6 Å². The van der Waals surface area contributed by atoms with Crippen molar-refractivity contribution in [2.24, 2.45) is 5.14 Å². The molecule has 0 atom stereocenters. The number of nitrogens with two attached hydrogens (primary N) is 1. The fraction of sp³-hybridized carbons (Fsp3) is 0.188. The highest BCUT2D eigenvalue weighted by Gasteiger charge is 2.17. The molecule has 0 saturated heterocycles. The number of ether oxygens (including phenoxy) is 2. The molecule has 0 saturated carbocycles. The van der Waals surface area contributed by atoms with Crippen LogP contribution in [-0.2, 0) is 21.4 Å². The Labute approximate surface area is 140 Å². The smallest absolute Gasteiger partial charge is 0.411 e. The van der Waals surface area contributed by atoms with Gasteiger partial charge in [0.1, 0.15) is 17.3 Å². The highest BCUT2D eigenvalue weighted by Crippen LogP contribution is 2.26. The summed E-state index contributed by atoms with van der Waals surface area (Å²) in [5, 5.41) is 7.63. The van der Waals surface area contributed by atoms with E-state index in [1.807, 2.05) is 30.3 Å². The van der Waals surface area contributed by atoms with Crippen LogP contribution in [0.3, 0.4) is 0 Å². The van der Waals surface area contributed by atoms with E-state index in [-0.39, 0.29) is 29.5 Å². The summed E-state index contributed by atoms with van der Waals surface area (Å²) < 4.78 is 33.6. The van der Waals surface area contributed by atoms with Crippen LogP contribution in [0, 0.1) is 0 Å². The van der Waals surface area contributed by atoms with E-state index >= 15 is 0 Å². The first-order valence-electron chi connectivity index (χ1n) is 7.17. The van der Waals surface area contributed by atoms with Gasteiger partial charge in [-0.05, 0) is 30.7 Å². The molecular formula is C16H18N2O5S. The number of benzene rings is 2. The molecule has 0 radical (unpaired) electrons. The molecule has 0 bridgehead atoms. The number of carbonyl (C=O) groups is 1. The molecule has 0 aromatic heterocycles. The van der Waals surface area contributed by atoms with E-state index < -0.39 is 16.1 Å². The summed E-state index contributed by atoms with van der Waals surface area (Å²) in [6.07, 6.45) is -0.705. The summed E-state index contributed by atoms with van der Waals surface area (Å²) in [6.45, 7) is 2.11. The van der Waals surface area contributed by atoms with Gasteiger partial charge < -0.3 is 9.47 Å². The van der Waals surface area contributed by atoms with Crippen molar-refractivity contribution in [3.8, 4) is 5.75 Å². The first-order chi connectivity index (χ1) is 11.4. The minimum atomic E-state index is -3.99. The van der Waals surface area contributed by atoms with E-state index in [0.29, 0.717) is 0 Å². The zero-order valence-electron chi connectivity index (χ0n) is 13.1. The van der Waals surface area contributed by atoms with Gasteiger partial charge in [0.15, 0.2) is 0 Å². The van der Waals surface area contributed by atoms with Crippen LogP contribution in [0.2, 0.25) is 0 Å². The van der Waals surface area contributed by atoms with Crippen LogP contribution in [0.15, 0.2) is 53.4 Å². The topological polar surface area (TPSA) is 108 Å². The van der Waals surface area contributed by atoms with E-state index in [2.05, 4.69) is 5.32 Å². The monoisotopic (exact) mass is 350 g/mol. The molecule has 0 fully saturated rings. The van der Waals surface area contributed by atoms with Gasteiger partial charge in [-0.1, -0.05) is 30.3 Å². The normalized spacial score (nSPS) is 10.9. The molecule has 2 rings (SSSR count). The maximum Gasteiger partial charge on any atom is 0.411 e. The Balaban J connectivity index is 2.08. The first-order valence-corrected chi connectivity index (χ1v) is 8.72. The third kappa shape index (κ3) is 4.97. The Morgan fingerprint density at radius 1 is 1.17 bits per heavy atom. The largest absolute Gasteiger partial charge is 0.492 e. The molecule has 0 aliphatic rings. The standard InChI is InChI=1S/C16H18N2O5S/c1-2-22-14-9-8-13(10-15(14)24(17,20)21)18-16(19)23-11-12-6-4-3-5-7-12/h3-10H,2,11H2,1H3,(H,18,19)(H2,17,20,21). The molecule has 8 heteroatoms. The predicted molar refractivity (Wildman–Crippen MR) is 89.2 cm³/mol. The highest BCUT2D eigenvalue weighted by atomic mass is 32.2. The summed E-state index contributed by atoms with van der Waals surface area (Å²) in [4.78, 5) is 11.6. The number of sulfonamides is 1. The molecule has 2 aromatic carbocycles. The molecule has 1 amide bonds. The van der Waals surface area contributed by atoms with E-state index in [0.717, 1.165) is 5.56 Å². The van der Waals surface area contributed by atoms with Crippen LogP contribution >= 0.6 is 0 Å². The molecular weight excluding hydrogens is 332 g/mol. The highest BCUT2D eigenvalue weighted by molar-refractivity contribution is 7.89. The number of hydrogen-bond donors (Lipinski definition) is 2. The van der Waals surface area contributed by atoms with E-state index in [1.54, 1.807) is 6.92 Å². The summed E-state index contributed by atoms with van der Waals surface area (Å²) in [7, 11) is -3.99. The molecule has 24 heavy (non-hydrogen) atoms. The summed E-state index contributed by atoms with van der Waals surface area (Å²) in [6, 6.07) is 13.3. The van der Waals surface area contributed by atoms with Crippen LogP contribution in [0.4, 0.5) is 10.5 Å². The lowest BCUT2D eigenvalue weighted by molar-refractivity contribution is 0.155. The van der Waals surface area contributed by atoms with Crippen molar-refractivity contribution in [3.05, 3.63) is 54.1 Å². The van der Waals surface area contributed by atoms with Crippen molar-refractivity contribution in [1.29, 1.82) is 0 Å². The molecule has 0 aliphatic carbocycles. The Morgan fingerprint density at radius 2 is 1.88 bits per heavy atom. The quantitative estimate of drug-likeness (QED) is 0.832. The van der Waals surface area contributed by atoms with Crippen molar-refractivity contribution < 1.29 is 22.7 Å². The fourth-order valence-corrected chi connectivity index (χ4v) is 2.66. The number of rotatable bonds is 6. The van der Waals surface area contributed by atoms with Crippen molar-refractivity contribution in [1.82, 2.24) is 0 Å². The van der Waals surface area contributed by atoms with Crippen LogP contribution in [0.5, 0.6) is 5.75 Å². The Hall–Kier alpha value is -2.58. The maximum absolute atomic E-state index is 11.8. The van der Waals surface area contributed by atoms with Gasteiger partial charge in [0, 0.05) is 5.69 Å². The number of primary sulfonamides is 1. The Bertz CT molecular complexity index is 806. The zero-order valence-corrected chi connectivity index (χ0v) is 13.9. The molecule has 2 aromatic rings. The second-order valence-electron chi connectivity index (χ2n) is 4.83. The number of carbonyl (C=O) groups excluding carboxylic acids is 1. The average molecular weight is 350 g/mol. The van der Waals surface area contributed by atoms with Gasteiger partial charge in [-0.3, -0.25) is 5.32 Å². The van der Waals surface area contributed by atoms with Crippen LogP contribution < -0.4 is 15.2 Å². The molecule has 128 valence electrons. The van der Waals surface area contributed by atoms with Gasteiger partial charge in [0.2, 0.25) is 10.0 Å². The second kappa shape index (κ2) is 7.80. The zero-order chi connectivity index (χ0) is 17.6. The van der Waals surface area contributed by atoms with Crippen molar-refractivity contribution in [3.63, 3.8) is 0 Å². The lowest BCUT2D eigenvalue weighted by Crippen LogP contribution is -2.16. The van der Waals surface area contributed by atoms with Gasteiger partial charge in [-0.15, -0.1) is 0 Å².